The van der Waals surface area contributed by atoms with Gasteiger partial charge >= 0.3 is 0 Å². The number of aryl methyl sites for hydroxylation is 1. The van der Waals surface area contributed by atoms with Crippen molar-refractivity contribution in [1.82, 2.24) is 5.32 Å². The first-order chi connectivity index (χ1) is 8.52. The van der Waals surface area contributed by atoms with E-state index >= 15 is 0 Å². The molecule has 4 nitrogen and oxygen atoms in total. The van der Waals surface area contributed by atoms with Crippen LogP contribution in [0.2, 0.25) is 0 Å². The van der Waals surface area contributed by atoms with Crippen molar-refractivity contribution in [2.24, 2.45) is 5.92 Å². The topological polar surface area (TPSA) is 58.2 Å². The molecule has 0 saturated heterocycles. The molecule has 0 saturated carbocycles. The van der Waals surface area contributed by atoms with Gasteiger partial charge in [-0.1, -0.05) is 32.9 Å². The number of carbonyl (C=O) groups is 2. The summed E-state index contributed by atoms with van der Waals surface area (Å²) < 4.78 is 0. The maximum atomic E-state index is 11.6. The minimum absolute atomic E-state index is 0.00649. The Morgan fingerprint density at radius 2 is 1.78 bits per heavy atom. The fourth-order valence-corrected chi connectivity index (χ4v) is 1.40. The maximum Gasteiger partial charge on any atom is 0.243 e. The molecule has 0 aliphatic heterocycles. The summed E-state index contributed by atoms with van der Waals surface area (Å²) in [6, 6.07) is 7.67. The van der Waals surface area contributed by atoms with Crippen molar-refractivity contribution in [2.45, 2.75) is 27.2 Å². The molecule has 1 aromatic rings. The average Bonchev–Trinajstić information content (AvgIpc) is 2.36. The van der Waals surface area contributed by atoms with Gasteiger partial charge in [-0.2, -0.15) is 0 Å². The number of hydrogen-bond donors (Lipinski definition) is 2. The summed E-state index contributed by atoms with van der Waals surface area (Å²) in [5.74, 6) is -0.443. The van der Waals surface area contributed by atoms with Crippen LogP contribution in [0.4, 0.5) is 5.69 Å². The molecule has 0 fully saturated rings. The van der Waals surface area contributed by atoms with Gasteiger partial charge in [0, 0.05) is 11.6 Å². The van der Waals surface area contributed by atoms with Gasteiger partial charge < -0.3 is 10.6 Å². The van der Waals surface area contributed by atoms with Gasteiger partial charge in [0.2, 0.25) is 11.8 Å². The summed E-state index contributed by atoms with van der Waals surface area (Å²) in [6.07, 6.45) is 0.971. The van der Waals surface area contributed by atoms with Crippen LogP contribution in [0.15, 0.2) is 24.3 Å². The largest absolute Gasteiger partial charge is 0.347 e. The number of nitrogens with one attached hydrogen (secondary N) is 2. The second kappa shape index (κ2) is 6.79. The van der Waals surface area contributed by atoms with Gasteiger partial charge in [0.25, 0.3) is 0 Å². The van der Waals surface area contributed by atoms with Crippen LogP contribution < -0.4 is 10.6 Å². The molecule has 98 valence electrons. The van der Waals surface area contributed by atoms with Crippen LogP contribution >= 0.6 is 0 Å². The third kappa shape index (κ3) is 4.57. The van der Waals surface area contributed by atoms with E-state index in [1.165, 1.54) is 5.56 Å². The van der Waals surface area contributed by atoms with Crippen molar-refractivity contribution in [3.63, 3.8) is 0 Å². The molecule has 2 N–H and O–H groups in total. The first-order valence-corrected chi connectivity index (χ1v) is 6.19. The van der Waals surface area contributed by atoms with E-state index in [-0.39, 0.29) is 24.3 Å². The second-order valence-electron chi connectivity index (χ2n) is 4.47. The highest BCUT2D eigenvalue weighted by molar-refractivity contribution is 5.94. The molecule has 18 heavy (non-hydrogen) atoms. The molecule has 2 amide bonds. The Morgan fingerprint density at radius 1 is 1.17 bits per heavy atom. The third-order valence-corrected chi connectivity index (χ3v) is 2.59. The van der Waals surface area contributed by atoms with E-state index in [2.05, 4.69) is 17.6 Å². The quantitative estimate of drug-likeness (QED) is 0.837. The molecule has 0 aliphatic rings. The molecule has 0 aromatic heterocycles. The predicted molar refractivity (Wildman–Crippen MR) is 72.3 cm³/mol. The van der Waals surface area contributed by atoms with Crippen LogP contribution in [0.3, 0.4) is 0 Å². The standard InChI is InChI=1S/C14H20N2O2/c1-4-11-5-7-12(8-6-11)16-13(17)9-15-14(18)10(2)3/h5-8,10H,4,9H2,1-3H3,(H,15,18)(H,16,17). The van der Waals surface area contributed by atoms with Gasteiger partial charge in [-0.3, -0.25) is 9.59 Å². The SMILES string of the molecule is CCc1ccc(NC(=O)CNC(=O)C(C)C)cc1. The molecule has 4 heteroatoms. The average molecular weight is 248 g/mol. The Kier molecular flexibility index (Phi) is 5.36. The van der Waals surface area contributed by atoms with Gasteiger partial charge in [-0.25, -0.2) is 0 Å². The van der Waals surface area contributed by atoms with E-state index < -0.39 is 0 Å². The van der Waals surface area contributed by atoms with Crippen LogP contribution in [0.25, 0.3) is 0 Å². The van der Waals surface area contributed by atoms with Crippen LogP contribution in [0.1, 0.15) is 26.3 Å². The lowest BCUT2D eigenvalue weighted by Gasteiger charge is -2.08. The maximum absolute atomic E-state index is 11.6. The molecule has 1 rings (SSSR count). The monoisotopic (exact) mass is 248 g/mol. The number of benzene rings is 1. The van der Waals surface area contributed by atoms with Crippen LogP contribution in [-0.2, 0) is 16.0 Å². The van der Waals surface area contributed by atoms with Crippen LogP contribution in [0.5, 0.6) is 0 Å². The van der Waals surface area contributed by atoms with E-state index in [0.717, 1.165) is 12.1 Å². The highest BCUT2D eigenvalue weighted by Gasteiger charge is 2.08. The first kappa shape index (κ1) is 14.2. The molecule has 0 bridgehead atoms. The summed E-state index contributed by atoms with van der Waals surface area (Å²) in [4.78, 5) is 22.9. The van der Waals surface area contributed by atoms with E-state index in [1.54, 1.807) is 13.8 Å². The van der Waals surface area contributed by atoms with Gasteiger partial charge in [0.15, 0.2) is 0 Å². The number of carbonyl (C=O) groups excluding carboxylic acids is 2. The fraction of sp³-hybridized carbons (Fsp3) is 0.429. The normalized spacial score (nSPS) is 10.2. The molecule has 0 atom stereocenters. The number of rotatable bonds is 5. The Labute approximate surface area is 108 Å². The molecule has 0 spiro atoms. The molecular weight excluding hydrogens is 228 g/mol. The van der Waals surface area contributed by atoms with Crippen molar-refractivity contribution in [3.8, 4) is 0 Å². The minimum Gasteiger partial charge on any atom is -0.347 e. The molecule has 0 radical (unpaired) electrons. The molecule has 0 heterocycles. The summed E-state index contributed by atoms with van der Waals surface area (Å²) in [6.45, 7) is 5.66. The van der Waals surface area contributed by atoms with Crippen LogP contribution in [0, 0.1) is 5.92 Å². The lowest BCUT2D eigenvalue weighted by Crippen LogP contribution is -2.35. The highest BCUT2D eigenvalue weighted by atomic mass is 16.2. The zero-order valence-corrected chi connectivity index (χ0v) is 11.1. The number of amides is 2. The van der Waals surface area contributed by atoms with Crippen molar-refractivity contribution in [1.29, 1.82) is 0 Å². The number of hydrogen-bond acceptors (Lipinski definition) is 2. The molecule has 1 aromatic carbocycles. The first-order valence-electron chi connectivity index (χ1n) is 6.19. The van der Waals surface area contributed by atoms with E-state index in [4.69, 9.17) is 0 Å². The Bertz CT molecular complexity index is 410. The van der Waals surface area contributed by atoms with Gasteiger partial charge in [0.05, 0.1) is 6.54 Å². The predicted octanol–water partition coefficient (Wildman–Crippen LogP) is 1.96. The van der Waals surface area contributed by atoms with Crippen LogP contribution in [-0.4, -0.2) is 18.4 Å². The van der Waals surface area contributed by atoms with Crippen molar-refractivity contribution < 1.29 is 9.59 Å². The third-order valence-electron chi connectivity index (χ3n) is 2.59. The second-order valence-corrected chi connectivity index (χ2v) is 4.47. The van der Waals surface area contributed by atoms with Crippen molar-refractivity contribution >= 4 is 17.5 Å². The fourth-order valence-electron chi connectivity index (χ4n) is 1.40. The molecule has 0 unspecified atom stereocenters. The Morgan fingerprint density at radius 3 is 2.28 bits per heavy atom. The minimum atomic E-state index is -0.215. The number of anilines is 1. The zero-order valence-electron chi connectivity index (χ0n) is 11.1. The molecular formula is C14H20N2O2. The Hall–Kier alpha value is -1.84. The van der Waals surface area contributed by atoms with Gasteiger partial charge in [0.1, 0.15) is 0 Å². The Balaban J connectivity index is 2.42. The molecule has 0 aliphatic carbocycles. The van der Waals surface area contributed by atoms with E-state index in [1.807, 2.05) is 24.3 Å². The van der Waals surface area contributed by atoms with Gasteiger partial charge in [-0.05, 0) is 24.1 Å². The van der Waals surface area contributed by atoms with Crippen molar-refractivity contribution in [3.05, 3.63) is 29.8 Å². The van der Waals surface area contributed by atoms with E-state index in [0.29, 0.717) is 0 Å². The zero-order chi connectivity index (χ0) is 13.5. The van der Waals surface area contributed by atoms with E-state index in [9.17, 15) is 9.59 Å². The summed E-state index contributed by atoms with van der Waals surface area (Å²) in [5.41, 5.74) is 1.97. The summed E-state index contributed by atoms with van der Waals surface area (Å²) in [7, 11) is 0. The van der Waals surface area contributed by atoms with Gasteiger partial charge in [-0.15, -0.1) is 0 Å². The smallest absolute Gasteiger partial charge is 0.243 e. The summed E-state index contributed by atoms with van der Waals surface area (Å²) >= 11 is 0. The van der Waals surface area contributed by atoms with Crippen molar-refractivity contribution in [2.75, 3.05) is 11.9 Å². The highest BCUT2D eigenvalue weighted by Crippen LogP contribution is 2.09. The lowest BCUT2D eigenvalue weighted by atomic mass is 10.1. The summed E-state index contributed by atoms with van der Waals surface area (Å²) in [5, 5.41) is 5.31. The lowest BCUT2D eigenvalue weighted by molar-refractivity contribution is -0.126.